The van der Waals surface area contributed by atoms with E-state index < -0.39 is 0 Å². The van der Waals surface area contributed by atoms with Crippen LogP contribution in [0.15, 0.2) is 24.3 Å². The lowest BCUT2D eigenvalue weighted by atomic mass is 10.2. The summed E-state index contributed by atoms with van der Waals surface area (Å²) in [6.45, 7) is 1.35. The Balaban J connectivity index is 1.59. The largest absolute Gasteiger partial charge is 0.464 e. The molecule has 4 heteroatoms. The van der Waals surface area contributed by atoms with Gasteiger partial charge in [0, 0.05) is 18.7 Å². The van der Waals surface area contributed by atoms with E-state index in [9.17, 15) is 9.18 Å². The Hall–Kier alpha value is -1.42. The lowest BCUT2D eigenvalue weighted by Crippen LogP contribution is -2.22. The fourth-order valence-electron chi connectivity index (χ4n) is 1.53. The van der Waals surface area contributed by atoms with Crippen LogP contribution < -0.4 is 5.32 Å². The minimum Gasteiger partial charge on any atom is -0.464 e. The molecular weight excluding hydrogens is 221 g/mol. The fraction of sp³-hybridized carbons (Fsp3) is 0.462. The maximum atomic E-state index is 13.2. The van der Waals surface area contributed by atoms with Gasteiger partial charge in [-0.25, -0.2) is 4.39 Å². The first-order valence-corrected chi connectivity index (χ1v) is 5.88. The van der Waals surface area contributed by atoms with Crippen molar-refractivity contribution < 1.29 is 13.9 Å². The minimum atomic E-state index is -0.213. The van der Waals surface area contributed by atoms with Gasteiger partial charge in [0.05, 0.1) is 5.92 Å². The topological polar surface area (TPSA) is 38.3 Å². The normalized spacial score (nSPS) is 14.6. The van der Waals surface area contributed by atoms with Crippen LogP contribution in [0.3, 0.4) is 0 Å². The van der Waals surface area contributed by atoms with E-state index in [1.54, 1.807) is 18.2 Å². The first-order chi connectivity index (χ1) is 8.27. The van der Waals surface area contributed by atoms with Gasteiger partial charge >= 0.3 is 5.97 Å². The third kappa shape index (κ3) is 3.82. The highest BCUT2D eigenvalue weighted by Crippen LogP contribution is 2.29. The van der Waals surface area contributed by atoms with Crippen LogP contribution in [0.2, 0.25) is 0 Å². The molecule has 0 radical (unpaired) electrons. The van der Waals surface area contributed by atoms with E-state index in [1.165, 1.54) is 6.07 Å². The van der Waals surface area contributed by atoms with Crippen molar-refractivity contribution in [2.45, 2.75) is 19.4 Å². The summed E-state index contributed by atoms with van der Waals surface area (Å²) in [5.41, 5.74) is 0.626. The fourth-order valence-corrected chi connectivity index (χ4v) is 1.53. The van der Waals surface area contributed by atoms with Crippen LogP contribution in [-0.2, 0) is 16.1 Å². The van der Waals surface area contributed by atoms with Crippen LogP contribution in [0.4, 0.5) is 4.39 Å². The van der Waals surface area contributed by atoms with E-state index in [4.69, 9.17) is 4.74 Å². The van der Waals surface area contributed by atoms with Gasteiger partial charge in [-0.15, -0.1) is 0 Å². The smallest absolute Gasteiger partial charge is 0.308 e. The highest BCUT2D eigenvalue weighted by molar-refractivity contribution is 5.74. The Morgan fingerprint density at radius 1 is 1.41 bits per heavy atom. The van der Waals surface area contributed by atoms with E-state index in [-0.39, 0.29) is 17.7 Å². The van der Waals surface area contributed by atoms with E-state index in [2.05, 4.69) is 5.32 Å². The van der Waals surface area contributed by atoms with Gasteiger partial charge < -0.3 is 10.1 Å². The van der Waals surface area contributed by atoms with Crippen molar-refractivity contribution in [3.8, 4) is 0 Å². The van der Waals surface area contributed by atoms with Gasteiger partial charge in [0.2, 0.25) is 0 Å². The molecular formula is C13H16FNO2. The summed E-state index contributed by atoms with van der Waals surface area (Å²) in [6.07, 6.45) is 1.92. The zero-order valence-corrected chi connectivity index (χ0v) is 9.62. The Labute approximate surface area is 100.0 Å². The molecule has 0 aliphatic heterocycles. The summed E-state index contributed by atoms with van der Waals surface area (Å²) in [6, 6.07) is 6.63. The number of halogens is 1. The van der Waals surface area contributed by atoms with Gasteiger partial charge in [-0.05, 0) is 18.9 Å². The summed E-state index contributed by atoms with van der Waals surface area (Å²) in [5, 5.41) is 3.04. The standard InChI is InChI=1S/C13H16FNO2/c14-12-4-2-1-3-11(12)9-15-7-8-17-13(16)10-5-6-10/h1-4,10,15H,5-9H2. The van der Waals surface area contributed by atoms with Crippen LogP contribution in [-0.4, -0.2) is 19.1 Å². The van der Waals surface area contributed by atoms with Gasteiger partial charge in [-0.3, -0.25) is 4.79 Å². The maximum Gasteiger partial charge on any atom is 0.308 e. The summed E-state index contributed by atoms with van der Waals surface area (Å²) >= 11 is 0. The number of carbonyl (C=O) groups excluding carboxylic acids is 1. The molecule has 0 bridgehead atoms. The Morgan fingerprint density at radius 3 is 2.88 bits per heavy atom. The molecule has 0 unspecified atom stereocenters. The second-order valence-electron chi connectivity index (χ2n) is 4.21. The first kappa shape index (κ1) is 12.0. The van der Waals surface area contributed by atoms with Crippen molar-refractivity contribution in [1.82, 2.24) is 5.32 Å². The molecule has 17 heavy (non-hydrogen) atoms. The maximum absolute atomic E-state index is 13.2. The van der Waals surface area contributed by atoms with Gasteiger partial charge in [-0.2, -0.15) is 0 Å². The van der Waals surface area contributed by atoms with Crippen molar-refractivity contribution in [2.24, 2.45) is 5.92 Å². The Bertz CT molecular complexity index is 391. The summed E-state index contributed by atoms with van der Waals surface area (Å²) < 4.78 is 18.3. The van der Waals surface area contributed by atoms with Crippen LogP contribution >= 0.6 is 0 Å². The molecule has 1 fully saturated rings. The average Bonchev–Trinajstić information content (AvgIpc) is 3.14. The lowest BCUT2D eigenvalue weighted by molar-refractivity contribution is -0.145. The van der Waals surface area contributed by atoms with Crippen molar-refractivity contribution in [3.63, 3.8) is 0 Å². The third-order valence-electron chi connectivity index (χ3n) is 2.71. The highest BCUT2D eigenvalue weighted by atomic mass is 19.1. The Kier molecular flexibility index (Phi) is 4.09. The van der Waals surface area contributed by atoms with Crippen LogP contribution in [0, 0.1) is 11.7 Å². The molecule has 3 nitrogen and oxygen atoms in total. The SMILES string of the molecule is O=C(OCCNCc1ccccc1F)C1CC1. The van der Waals surface area contributed by atoms with E-state index >= 15 is 0 Å². The zero-order chi connectivity index (χ0) is 12.1. The zero-order valence-electron chi connectivity index (χ0n) is 9.62. The molecule has 0 atom stereocenters. The van der Waals surface area contributed by atoms with Gasteiger partial charge in [0.25, 0.3) is 0 Å². The second-order valence-corrected chi connectivity index (χ2v) is 4.21. The molecule has 1 saturated carbocycles. The minimum absolute atomic E-state index is 0.0994. The molecule has 1 aromatic rings. The molecule has 0 heterocycles. The van der Waals surface area contributed by atoms with Crippen molar-refractivity contribution >= 4 is 5.97 Å². The van der Waals surface area contributed by atoms with E-state index in [1.807, 2.05) is 0 Å². The van der Waals surface area contributed by atoms with Gasteiger partial charge in [0.1, 0.15) is 12.4 Å². The van der Waals surface area contributed by atoms with Gasteiger partial charge in [0.15, 0.2) is 0 Å². The molecule has 2 rings (SSSR count). The number of hydrogen-bond donors (Lipinski definition) is 1. The molecule has 0 aromatic heterocycles. The molecule has 1 aliphatic carbocycles. The predicted molar refractivity (Wildman–Crippen MR) is 61.8 cm³/mol. The Morgan fingerprint density at radius 2 is 2.18 bits per heavy atom. The second kappa shape index (κ2) is 5.77. The van der Waals surface area contributed by atoms with Crippen molar-refractivity contribution in [3.05, 3.63) is 35.6 Å². The average molecular weight is 237 g/mol. The molecule has 0 saturated heterocycles. The number of benzene rings is 1. The number of rotatable bonds is 6. The molecule has 1 N–H and O–H groups in total. The summed E-state index contributed by atoms with van der Waals surface area (Å²) in [4.78, 5) is 11.2. The molecule has 92 valence electrons. The molecule has 1 aliphatic rings. The van der Waals surface area contributed by atoms with Crippen LogP contribution in [0.25, 0.3) is 0 Å². The number of hydrogen-bond acceptors (Lipinski definition) is 3. The van der Waals surface area contributed by atoms with E-state index in [0.29, 0.717) is 25.3 Å². The monoisotopic (exact) mass is 237 g/mol. The number of nitrogens with one attached hydrogen (secondary N) is 1. The van der Waals surface area contributed by atoms with E-state index in [0.717, 1.165) is 12.8 Å². The number of ether oxygens (including phenoxy) is 1. The number of esters is 1. The summed E-state index contributed by atoms with van der Waals surface area (Å²) in [5.74, 6) is -0.172. The van der Waals surface area contributed by atoms with Crippen molar-refractivity contribution in [2.75, 3.05) is 13.2 Å². The predicted octanol–water partition coefficient (Wildman–Crippen LogP) is 1.87. The van der Waals surface area contributed by atoms with Crippen molar-refractivity contribution in [1.29, 1.82) is 0 Å². The highest BCUT2D eigenvalue weighted by Gasteiger charge is 2.30. The van der Waals surface area contributed by atoms with Crippen LogP contribution in [0.1, 0.15) is 18.4 Å². The molecule has 0 amide bonds. The molecule has 1 aromatic carbocycles. The molecule has 0 spiro atoms. The third-order valence-corrected chi connectivity index (χ3v) is 2.71. The lowest BCUT2D eigenvalue weighted by Gasteiger charge is -2.06. The number of carbonyl (C=O) groups is 1. The van der Waals surface area contributed by atoms with Gasteiger partial charge in [-0.1, -0.05) is 18.2 Å². The summed E-state index contributed by atoms with van der Waals surface area (Å²) in [7, 11) is 0. The first-order valence-electron chi connectivity index (χ1n) is 5.88. The van der Waals surface area contributed by atoms with Crippen LogP contribution in [0.5, 0.6) is 0 Å². The quantitative estimate of drug-likeness (QED) is 0.606.